The minimum absolute atomic E-state index is 0.0617. The van der Waals surface area contributed by atoms with Crippen molar-refractivity contribution in [2.24, 2.45) is 11.8 Å². The fourth-order valence-corrected chi connectivity index (χ4v) is 3.76. The van der Waals surface area contributed by atoms with Crippen molar-refractivity contribution in [1.82, 2.24) is 14.9 Å². The Morgan fingerprint density at radius 2 is 2.00 bits per heavy atom. The number of benzene rings is 1. The summed E-state index contributed by atoms with van der Waals surface area (Å²) < 4.78 is 2.14. The first-order valence-electron chi connectivity index (χ1n) is 8.93. The molecule has 1 aliphatic carbocycles. The number of aromatic nitrogens is 2. The first-order chi connectivity index (χ1) is 12.0. The SMILES string of the molecule is CC(C)n1c(CNC(=O)C2CCCC(C(=O)O)C2)nc2ccccc21. The molecule has 2 N–H and O–H groups in total. The van der Waals surface area contributed by atoms with Gasteiger partial charge in [0.1, 0.15) is 5.82 Å². The Labute approximate surface area is 147 Å². The van der Waals surface area contributed by atoms with Gasteiger partial charge in [-0.15, -0.1) is 0 Å². The summed E-state index contributed by atoms with van der Waals surface area (Å²) in [6.07, 6.45) is 2.65. The zero-order chi connectivity index (χ0) is 18.0. The van der Waals surface area contributed by atoms with E-state index in [0.29, 0.717) is 19.4 Å². The van der Waals surface area contributed by atoms with Gasteiger partial charge in [0.25, 0.3) is 0 Å². The molecular weight excluding hydrogens is 318 g/mol. The summed E-state index contributed by atoms with van der Waals surface area (Å²) >= 11 is 0. The van der Waals surface area contributed by atoms with E-state index < -0.39 is 11.9 Å². The largest absolute Gasteiger partial charge is 0.481 e. The van der Waals surface area contributed by atoms with Gasteiger partial charge in [0, 0.05) is 12.0 Å². The molecule has 1 aliphatic rings. The zero-order valence-electron chi connectivity index (χ0n) is 14.7. The maximum absolute atomic E-state index is 12.5. The van der Waals surface area contributed by atoms with Gasteiger partial charge in [-0.05, 0) is 45.2 Å². The number of hydrogen-bond donors (Lipinski definition) is 2. The average Bonchev–Trinajstić information content (AvgIpc) is 2.98. The van der Waals surface area contributed by atoms with E-state index in [2.05, 4.69) is 28.7 Å². The van der Waals surface area contributed by atoms with Gasteiger partial charge in [0.05, 0.1) is 23.5 Å². The molecule has 1 amide bonds. The molecule has 1 aromatic heterocycles. The van der Waals surface area contributed by atoms with E-state index in [-0.39, 0.29) is 17.9 Å². The third-order valence-electron chi connectivity index (χ3n) is 5.00. The average molecular weight is 343 g/mol. The molecule has 3 rings (SSSR count). The topological polar surface area (TPSA) is 84.2 Å². The predicted octanol–water partition coefficient (Wildman–Crippen LogP) is 3.12. The maximum Gasteiger partial charge on any atom is 0.306 e. The van der Waals surface area contributed by atoms with Gasteiger partial charge in [-0.2, -0.15) is 0 Å². The van der Waals surface area contributed by atoms with Crippen molar-refractivity contribution >= 4 is 22.9 Å². The molecule has 0 bridgehead atoms. The van der Waals surface area contributed by atoms with Crippen molar-refractivity contribution < 1.29 is 14.7 Å². The molecule has 2 unspecified atom stereocenters. The number of amides is 1. The van der Waals surface area contributed by atoms with Gasteiger partial charge in [-0.1, -0.05) is 18.6 Å². The van der Waals surface area contributed by atoms with Gasteiger partial charge >= 0.3 is 5.97 Å². The van der Waals surface area contributed by atoms with Crippen LogP contribution >= 0.6 is 0 Å². The molecule has 0 spiro atoms. The van der Waals surface area contributed by atoms with E-state index in [0.717, 1.165) is 29.7 Å². The highest BCUT2D eigenvalue weighted by Gasteiger charge is 2.31. The number of nitrogens with zero attached hydrogens (tertiary/aromatic N) is 2. The van der Waals surface area contributed by atoms with Crippen LogP contribution in [0, 0.1) is 11.8 Å². The molecular formula is C19H25N3O3. The van der Waals surface area contributed by atoms with Crippen LogP contribution in [0.3, 0.4) is 0 Å². The Balaban J connectivity index is 1.71. The summed E-state index contributed by atoms with van der Waals surface area (Å²) in [5.41, 5.74) is 1.98. The van der Waals surface area contributed by atoms with Gasteiger partial charge < -0.3 is 15.0 Å². The van der Waals surface area contributed by atoms with Gasteiger partial charge in [0.15, 0.2) is 0 Å². The van der Waals surface area contributed by atoms with E-state index in [1.807, 2.05) is 24.3 Å². The summed E-state index contributed by atoms with van der Waals surface area (Å²) in [6.45, 7) is 4.55. The lowest BCUT2D eigenvalue weighted by Gasteiger charge is -2.25. The molecule has 0 saturated heterocycles. The molecule has 0 aliphatic heterocycles. The molecule has 6 heteroatoms. The predicted molar refractivity (Wildman–Crippen MR) is 95.0 cm³/mol. The second kappa shape index (κ2) is 7.25. The molecule has 1 saturated carbocycles. The van der Waals surface area contributed by atoms with Gasteiger partial charge in [0.2, 0.25) is 5.91 Å². The fourth-order valence-electron chi connectivity index (χ4n) is 3.76. The zero-order valence-corrected chi connectivity index (χ0v) is 14.7. The fraction of sp³-hybridized carbons (Fsp3) is 0.526. The van der Waals surface area contributed by atoms with E-state index in [4.69, 9.17) is 0 Å². The minimum Gasteiger partial charge on any atom is -0.481 e. The third-order valence-corrected chi connectivity index (χ3v) is 5.00. The molecule has 1 heterocycles. The number of carbonyl (C=O) groups excluding carboxylic acids is 1. The number of imidazole rings is 1. The highest BCUT2D eigenvalue weighted by molar-refractivity contribution is 5.80. The number of carbonyl (C=O) groups is 2. The Kier molecular flexibility index (Phi) is 5.06. The van der Waals surface area contributed by atoms with Crippen LogP contribution in [0.4, 0.5) is 0 Å². The van der Waals surface area contributed by atoms with Crippen LogP contribution in [-0.4, -0.2) is 26.5 Å². The molecule has 0 radical (unpaired) electrons. The summed E-state index contributed by atoms with van der Waals surface area (Å²) in [5, 5.41) is 12.1. The Hall–Kier alpha value is -2.37. The van der Waals surface area contributed by atoms with E-state index in [1.165, 1.54) is 0 Å². The van der Waals surface area contributed by atoms with Crippen LogP contribution in [0.5, 0.6) is 0 Å². The highest BCUT2D eigenvalue weighted by Crippen LogP contribution is 2.29. The number of fused-ring (bicyclic) bond motifs is 1. The van der Waals surface area contributed by atoms with Crippen molar-refractivity contribution in [3.8, 4) is 0 Å². The smallest absolute Gasteiger partial charge is 0.306 e. The molecule has 2 aromatic rings. The quantitative estimate of drug-likeness (QED) is 0.873. The summed E-state index contributed by atoms with van der Waals surface area (Å²) in [4.78, 5) is 28.3. The monoisotopic (exact) mass is 343 g/mol. The summed E-state index contributed by atoms with van der Waals surface area (Å²) in [5.74, 6) is -0.640. The molecule has 6 nitrogen and oxygen atoms in total. The number of hydrogen-bond acceptors (Lipinski definition) is 3. The molecule has 25 heavy (non-hydrogen) atoms. The second-order valence-corrected chi connectivity index (χ2v) is 7.10. The lowest BCUT2D eigenvalue weighted by molar-refractivity contribution is -0.144. The van der Waals surface area contributed by atoms with Crippen molar-refractivity contribution in [2.75, 3.05) is 0 Å². The lowest BCUT2D eigenvalue weighted by atomic mass is 9.81. The van der Waals surface area contributed by atoms with Crippen molar-refractivity contribution in [3.63, 3.8) is 0 Å². The number of rotatable bonds is 5. The van der Waals surface area contributed by atoms with E-state index >= 15 is 0 Å². The standard InChI is InChI=1S/C19H25N3O3/c1-12(2)22-16-9-4-3-8-15(16)21-17(22)11-20-18(23)13-6-5-7-14(10-13)19(24)25/h3-4,8-9,12-14H,5-7,10-11H2,1-2H3,(H,20,23)(H,24,25). The number of carboxylic acids is 1. The Morgan fingerprint density at radius 3 is 2.72 bits per heavy atom. The Morgan fingerprint density at radius 1 is 1.28 bits per heavy atom. The maximum atomic E-state index is 12.5. The van der Waals surface area contributed by atoms with E-state index in [1.54, 1.807) is 0 Å². The molecule has 1 aromatic carbocycles. The van der Waals surface area contributed by atoms with Crippen LogP contribution in [0.15, 0.2) is 24.3 Å². The normalized spacial score (nSPS) is 20.8. The lowest BCUT2D eigenvalue weighted by Crippen LogP contribution is -2.35. The van der Waals surface area contributed by atoms with Gasteiger partial charge in [-0.25, -0.2) is 4.98 Å². The molecule has 134 valence electrons. The first kappa shape index (κ1) is 17.5. The van der Waals surface area contributed by atoms with E-state index in [9.17, 15) is 14.7 Å². The number of aliphatic carboxylic acids is 1. The van der Waals surface area contributed by atoms with Crippen molar-refractivity contribution in [1.29, 1.82) is 0 Å². The van der Waals surface area contributed by atoms with Crippen LogP contribution < -0.4 is 5.32 Å². The van der Waals surface area contributed by atoms with Crippen molar-refractivity contribution in [3.05, 3.63) is 30.1 Å². The molecule has 2 atom stereocenters. The number of nitrogens with one attached hydrogen (secondary N) is 1. The summed E-state index contributed by atoms with van der Waals surface area (Å²) in [7, 11) is 0. The van der Waals surface area contributed by atoms with Crippen LogP contribution in [0.1, 0.15) is 51.4 Å². The van der Waals surface area contributed by atoms with Crippen LogP contribution in [0.25, 0.3) is 11.0 Å². The number of carboxylic acid groups (broad SMARTS) is 1. The second-order valence-electron chi connectivity index (χ2n) is 7.10. The minimum atomic E-state index is -0.792. The van der Waals surface area contributed by atoms with Gasteiger partial charge in [-0.3, -0.25) is 9.59 Å². The van der Waals surface area contributed by atoms with Crippen LogP contribution in [0.2, 0.25) is 0 Å². The van der Waals surface area contributed by atoms with Crippen molar-refractivity contribution in [2.45, 2.75) is 52.1 Å². The third kappa shape index (κ3) is 3.67. The first-order valence-corrected chi connectivity index (χ1v) is 8.93. The van der Waals surface area contributed by atoms with Crippen LogP contribution in [-0.2, 0) is 16.1 Å². The summed E-state index contributed by atoms with van der Waals surface area (Å²) in [6, 6.07) is 8.19. The Bertz CT molecular complexity index is 781. The highest BCUT2D eigenvalue weighted by atomic mass is 16.4. The number of para-hydroxylation sites is 2. The molecule has 1 fully saturated rings.